The van der Waals surface area contributed by atoms with Crippen molar-refractivity contribution in [3.63, 3.8) is 0 Å². The number of nitrogens with one attached hydrogen (secondary N) is 1. The van der Waals surface area contributed by atoms with Gasteiger partial charge in [-0.25, -0.2) is 5.43 Å². The number of ether oxygens (including phenoxy) is 1. The standard InChI is InChI=1S/C19H17BrN4O3/c1-27-18-10-14(4-7-17(18)25)11-21-22-19(26)16-8-9-24(23-16)12-13-2-5-15(20)6-3-13/h2-11,25H,12H2,1H3,(H,22,26). The molecular formula is C19H17BrN4O3. The number of aromatic nitrogens is 2. The minimum atomic E-state index is -0.411. The number of phenols is 1. The smallest absolute Gasteiger partial charge is 0.291 e. The number of hydrogen-bond acceptors (Lipinski definition) is 5. The highest BCUT2D eigenvalue weighted by atomic mass is 79.9. The van der Waals surface area contributed by atoms with E-state index in [2.05, 4.69) is 31.6 Å². The number of nitrogens with zero attached hydrogens (tertiary/aromatic N) is 3. The number of hydrogen-bond donors (Lipinski definition) is 2. The van der Waals surface area contributed by atoms with Crippen molar-refractivity contribution in [1.82, 2.24) is 15.2 Å². The van der Waals surface area contributed by atoms with E-state index < -0.39 is 5.91 Å². The van der Waals surface area contributed by atoms with Gasteiger partial charge in [-0.3, -0.25) is 9.48 Å². The molecule has 0 unspecified atom stereocenters. The molecule has 3 rings (SSSR count). The Kier molecular flexibility index (Phi) is 5.87. The van der Waals surface area contributed by atoms with Crippen molar-refractivity contribution in [3.05, 3.63) is 76.0 Å². The summed E-state index contributed by atoms with van der Waals surface area (Å²) in [7, 11) is 1.46. The predicted octanol–water partition coefficient (Wildman–Crippen LogP) is 3.17. The number of phenolic OH excluding ortho intramolecular Hbond substituents is 1. The van der Waals surface area contributed by atoms with E-state index >= 15 is 0 Å². The Bertz CT molecular complexity index is 967. The predicted molar refractivity (Wildman–Crippen MR) is 105 cm³/mol. The Morgan fingerprint density at radius 3 is 2.81 bits per heavy atom. The Morgan fingerprint density at radius 2 is 2.07 bits per heavy atom. The normalized spacial score (nSPS) is 10.9. The first-order valence-corrected chi connectivity index (χ1v) is 8.83. The number of carbonyl (C=O) groups excluding carboxylic acids is 1. The minimum absolute atomic E-state index is 0.0370. The van der Waals surface area contributed by atoms with Crippen molar-refractivity contribution in [3.8, 4) is 11.5 Å². The van der Waals surface area contributed by atoms with Gasteiger partial charge in [-0.15, -0.1) is 0 Å². The number of carbonyl (C=O) groups is 1. The van der Waals surface area contributed by atoms with Crippen molar-refractivity contribution in [1.29, 1.82) is 0 Å². The first-order chi connectivity index (χ1) is 13.0. The van der Waals surface area contributed by atoms with Crippen molar-refractivity contribution >= 4 is 28.1 Å². The van der Waals surface area contributed by atoms with Gasteiger partial charge < -0.3 is 9.84 Å². The van der Waals surface area contributed by atoms with Gasteiger partial charge in [0.25, 0.3) is 5.91 Å². The molecule has 0 radical (unpaired) electrons. The molecule has 0 saturated heterocycles. The number of hydrazone groups is 1. The summed E-state index contributed by atoms with van der Waals surface area (Å²) in [6.07, 6.45) is 3.20. The molecule has 3 aromatic rings. The van der Waals surface area contributed by atoms with E-state index in [0.29, 0.717) is 17.9 Å². The molecule has 0 aliphatic carbocycles. The average molecular weight is 429 g/mol. The van der Waals surface area contributed by atoms with E-state index in [1.165, 1.54) is 19.4 Å². The Balaban J connectivity index is 1.60. The zero-order valence-corrected chi connectivity index (χ0v) is 16.0. The Hall–Kier alpha value is -3.13. The van der Waals surface area contributed by atoms with E-state index in [1.54, 1.807) is 29.1 Å². The third-order valence-corrected chi connectivity index (χ3v) is 4.24. The van der Waals surface area contributed by atoms with Crippen LogP contribution in [0.5, 0.6) is 11.5 Å². The average Bonchev–Trinajstić information content (AvgIpc) is 3.13. The van der Waals surface area contributed by atoms with Gasteiger partial charge in [0.15, 0.2) is 17.2 Å². The van der Waals surface area contributed by atoms with E-state index in [1.807, 2.05) is 24.3 Å². The lowest BCUT2D eigenvalue weighted by molar-refractivity contribution is 0.0949. The quantitative estimate of drug-likeness (QED) is 0.466. The van der Waals surface area contributed by atoms with Crippen molar-refractivity contribution in [2.45, 2.75) is 6.54 Å². The summed E-state index contributed by atoms with van der Waals surface area (Å²) >= 11 is 3.40. The lowest BCUT2D eigenvalue weighted by Gasteiger charge is -2.03. The summed E-state index contributed by atoms with van der Waals surface area (Å²) < 4.78 is 7.72. The molecule has 1 heterocycles. The second-order valence-electron chi connectivity index (χ2n) is 5.66. The monoisotopic (exact) mass is 428 g/mol. The van der Waals surface area contributed by atoms with E-state index in [-0.39, 0.29) is 11.4 Å². The Labute approximate surface area is 164 Å². The van der Waals surface area contributed by atoms with Gasteiger partial charge in [0.05, 0.1) is 19.9 Å². The second kappa shape index (κ2) is 8.50. The number of aromatic hydroxyl groups is 1. The van der Waals surface area contributed by atoms with Crippen LogP contribution in [0.2, 0.25) is 0 Å². The van der Waals surface area contributed by atoms with E-state index in [4.69, 9.17) is 4.74 Å². The summed E-state index contributed by atoms with van der Waals surface area (Å²) in [6.45, 7) is 0.567. The topological polar surface area (TPSA) is 88.7 Å². The van der Waals surface area contributed by atoms with Crippen molar-refractivity contribution in [2.24, 2.45) is 5.10 Å². The molecule has 8 heteroatoms. The number of benzene rings is 2. The van der Waals surface area contributed by atoms with Crippen LogP contribution in [-0.4, -0.2) is 34.1 Å². The number of rotatable bonds is 6. The fourth-order valence-electron chi connectivity index (χ4n) is 2.34. The molecule has 7 nitrogen and oxygen atoms in total. The lowest BCUT2D eigenvalue weighted by Crippen LogP contribution is -2.18. The molecule has 138 valence electrons. The van der Waals surface area contributed by atoms with Crippen LogP contribution in [0.1, 0.15) is 21.6 Å². The molecule has 0 atom stereocenters. The summed E-state index contributed by atoms with van der Waals surface area (Å²) in [5.74, 6) is -0.0430. The van der Waals surface area contributed by atoms with Gasteiger partial charge >= 0.3 is 0 Å². The maximum absolute atomic E-state index is 12.2. The molecule has 2 N–H and O–H groups in total. The molecule has 0 bridgehead atoms. The van der Waals surface area contributed by atoms with Crippen molar-refractivity contribution in [2.75, 3.05) is 7.11 Å². The van der Waals surface area contributed by atoms with Crippen LogP contribution in [0.25, 0.3) is 0 Å². The summed E-state index contributed by atoms with van der Waals surface area (Å²) in [4.78, 5) is 12.2. The van der Waals surface area contributed by atoms with Gasteiger partial charge in [-0.1, -0.05) is 28.1 Å². The third-order valence-electron chi connectivity index (χ3n) is 3.71. The molecule has 0 aliphatic heterocycles. The van der Waals surface area contributed by atoms with Crippen LogP contribution >= 0.6 is 15.9 Å². The van der Waals surface area contributed by atoms with Gasteiger partial charge in [-0.2, -0.15) is 10.2 Å². The third kappa shape index (κ3) is 4.95. The maximum atomic E-state index is 12.2. The maximum Gasteiger partial charge on any atom is 0.291 e. The Morgan fingerprint density at radius 1 is 1.30 bits per heavy atom. The van der Waals surface area contributed by atoms with Crippen LogP contribution in [-0.2, 0) is 6.54 Å². The number of methoxy groups -OCH3 is 1. The van der Waals surface area contributed by atoms with Crippen LogP contribution in [0.15, 0.2) is 64.3 Å². The number of halogens is 1. The number of amides is 1. The first kappa shape index (κ1) is 18.7. The molecular weight excluding hydrogens is 412 g/mol. The van der Waals surface area contributed by atoms with E-state index in [0.717, 1.165) is 10.0 Å². The van der Waals surface area contributed by atoms with Gasteiger partial charge in [0.2, 0.25) is 0 Å². The lowest BCUT2D eigenvalue weighted by atomic mass is 10.2. The molecule has 27 heavy (non-hydrogen) atoms. The van der Waals surface area contributed by atoms with E-state index in [9.17, 15) is 9.90 Å². The summed E-state index contributed by atoms with van der Waals surface area (Å²) in [5.41, 5.74) is 4.45. The molecule has 1 aromatic heterocycles. The van der Waals surface area contributed by atoms with Gasteiger partial charge in [0.1, 0.15) is 0 Å². The minimum Gasteiger partial charge on any atom is -0.504 e. The van der Waals surface area contributed by atoms with Crippen LogP contribution in [0.4, 0.5) is 0 Å². The molecule has 0 fully saturated rings. The summed E-state index contributed by atoms with van der Waals surface area (Å²) in [6, 6.07) is 14.3. The molecule has 0 saturated carbocycles. The fourth-order valence-corrected chi connectivity index (χ4v) is 2.61. The highest BCUT2D eigenvalue weighted by molar-refractivity contribution is 9.10. The zero-order valence-electron chi connectivity index (χ0n) is 14.5. The van der Waals surface area contributed by atoms with Crippen LogP contribution < -0.4 is 10.2 Å². The van der Waals surface area contributed by atoms with Crippen LogP contribution in [0.3, 0.4) is 0 Å². The molecule has 0 aliphatic rings. The van der Waals surface area contributed by atoms with Crippen molar-refractivity contribution < 1.29 is 14.6 Å². The summed E-state index contributed by atoms with van der Waals surface area (Å²) in [5, 5.41) is 17.7. The molecule has 0 spiro atoms. The largest absolute Gasteiger partial charge is 0.504 e. The van der Waals surface area contributed by atoms with Gasteiger partial charge in [0, 0.05) is 10.7 Å². The second-order valence-corrected chi connectivity index (χ2v) is 6.57. The highest BCUT2D eigenvalue weighted by Gasteiger charge is 2.09. The zero-order chi connectivity index (χ0) is 19.2. The SMILES string of the molecule is COc1cc(C=NNC(=O)c2ccn(Cc3ccc(Br)cc3)n2)ccc1O. The first-order valence-electron chi connectivity index (χ1n) is 8.03. The highest BCUT2D eigenvalue weighted by Crippen LogP contribution is 2.25. The molecule has 2 aromatic carbocycles. The van der Waals surface area contributed by atoms with Gasteiger partial charge in [-0.05, 0) is 47.5 Å². The van der Waals surface area contributed by atoms with Crippen LogP contribution in [0, 0.1) is 0 Å². The fraction of sp³-hybridized carbons (Fsp3) is 0.105. The molecule has 1 amide bonds.